The summed E-state index contributed by atoms with van der Waals surface area (Å²) in [5.41, 5.74) is 8.21. The van der Waals surface area contributed by atoms with Gasteiger partial charge in [0.2, 0.25) is 0 Å². The number of nitrogens with zero attached hydrogens (tertiary/aromatic N) is 3. The molecule has 4 heteroatoms. The molecule has 20 heavy (non-hydrogen) atoms. The first kappa shape index (κ1) is 14.6. The summed E-state index contributed by atoms with van der Waals surface area (Å²) in [5, 5.41) is 0. The number of anilines is 1. The second kappa shape index (κ2) is 7.10. The van der Waals surface area contributed by atoms with Crippen molar-refractivity contribution in [1.82, 2.24) is 9.55 Å². The number of nitrogens with two attached hydrogens (primary N) is 1. The van der Waals surface area contributed by atoms with E-state index in [9.17, 15) is 0 Å². The number of hydrogen-bond donors (Lipinski definition) is 1. The minimum atomic E-state index is 0.729. The summed E-state index contributed by atoms with van der Waals surface area (Å²) < 4.78 is 2.18. The predicted molar refractivity (Wildman–Crippen MR) is 84.0 cm³/mol. The van der Waals surface area contributed by atoms with E-state index in [1.54, 1.807) is 0 Å². The fourth-order valence-electron chi connectivity index (χ4n) is 2.28. The summed E-state index contributed by atoms with van der Waals surface area (Å²) in [4.78, 5) is 6.66. The lowest BCUT2D eigenvalue weighted by Gasteiger charge is -2.25. The minimum absolute atomic E-state index is 0.729. The number of aryl methyl sites for hydroxylation is 2. The maximum atomic E-state index is 5.65. The van der Waals surface area contributed by atoms with Crippen molar-refractivity contribution in [3.8, 4) is 0 Å². The van der Waals surface area contributed by atoms with Crippen LogP contribution in [0.2, 0.25) is 0 Å². The Morgan fingerprint density at radius 1 is 1.15 bits per heavy atom. The van der Waals surface area contributed by atoms with E-state index < -0.39 is 0 Å². The SMILES string of the molecule is Cc1ccc(N(CCCN)CCn2ccnc2C)cc1. The van der Waals surface area contributed by atoms with Crippen molar-refractivity contribution >= 4 is 5.69 Å². The third kappa shape index (κ3) is 3.84. The van der Waals surface area contributed by atoms with Crippen molar-refractivity contribution in [2.75, 3.05) is 24.5 Å². The molecule has 0 bridgehead atoms. The number of hydrogen-bond acceptors (Lipinski definition) is 3. The first-order valence-corrected chi connectivity index (χ1v) is 7.20. The molecule has 0 radical (unpaired) electrons. The van der Waals surface area contributed by atoms with Gasteiger partial charge in [-0.25, -0.2) is 4.98 Å². The molecule has 1 heterocycles. The highest BCUT2D eigenvalue weighted by atomic mass is 15.2. The second-order valence-corrected chi connectivity index (χ2v) is 5.13. The molecule has 2 aromatic rings. The number of rotatable bonds is 7. The summed E-state index contributed by atoms with van der Waals surface area (Å²) in [6.45, 7) is 7.79. The Morgan fingerprint density at radius 3 is 2.50 bits per heavy atom. The topological polar surface area (TPSA) is 47.1 Å². The van der Waals surface area contributed by atoms with Crippen LogP contribution in [0, 0.1) is 13.8 Å². The molecule has 0 saturated heterocycles. The molecule has 1 aromatic carbocycles. The molecule has 0 aliphatic carbocycles. The normalized spacial score (nSPS) is 10.8. The van der Waals surface area contributed by atoms with E-state index in [2.05, 4.69) is 45.6 Å². The quantitative estimate of drug-likeness (QED) is 0.841. The molecule has 0 amide bonds. The maximum absolute atomic E-state index is 5.65. The lowest BCUT2D eigenvalue weighted by molar-refractivity contribution is 0.629. The van der Waals surface area contributed by atoms with Gasteiger partial charge in [0.05, 0.1) is 0 Å². The molecule has 0 spiro atoms. The first-order chi connectivity index (χ1) is 9.70. The summed E-state index contributed by atoms with van der Waals surface area (Å²) >= 11 is 0. The molecule has 4 nitrogen and oxygen atoms in total. The first-order valence-electron chi connectivity index (χ1n) is 7.20. The zero-order chi connectivity index (χ0) is 14.4. The van der Waals surface area contributed by atoms with Gasteiger partial charge >= 0.3 is 0 Å². The van der Waals surface area contributed by atoms with Crippen LogP contribution in [-0.4, -0.2) is 29.2 Å². The maximum Gasteiger partial charge on any atom is 0.105 e. The van der Waals surface area contributed by atoms with Crippen molar-refractivity contribution in [1.29, 1.82) is 0 Å². The van der Waals surface area contributed by atoms with Crippen LogP contribution in [0.25, 0.3) is 0 Å². The van der Waals surface area contributed by atoms with Crippen LogP contribution >= 0.6 is 0 Å². The molecule has 0 fully saturated rings. The molecule has 0 aliphatic rings. The van der Waals surface area contributed by atoms with Crippen molar-refractivity contribution in [3.05, 3.63) is 48.0 Å². The highest BCUT2D eigenvalue weighted by Crippen LogP contribution is 2.15. The summed E-state index contributed by atoms with van der Waals surface area (Å²) in [7, 11) is 0. The molecule has 0 atom stereocenters. The van der Waals surface area contributed by atoms with Crippen LogP contribution in [0.5, 0.6) is 0 Å². The van der Waals surface area contributed by atoms with Gasteiger partial charge in [0, 0.05) is 37.7 Å². The second-order valence-electron chi connectivity index (χ2n) is 5.13. The van der Waals surface area contributed by atoms with E-state index in [4.69, 9.17) is 5.73 Å². The number of aromatic nitrogens is 2. The predicted octanol–water partition coefficient (Wildman–Crippen LogP) is 2.36. The number of imidazole rings is 1. The van der Waals surface area contributed by atoms with Crippen LogP contribution in [0.15, 0.2) is 36.7 Å². The molecule has 1 aromatic heterocycles. The minimum Gasteiger partial charge on any atom is -0.370 e. The van der Waals surface area contributed by atoms with Crippen LogP contribution in [0.4, 0.5) is 5.69 Å². The summed E-state index contributed by atoms with van der Waals surface area (Å²) in [6.07, 6.45) is 4.90. The Morgan fingerprint density at radius 2 is 1.90 bits per heavy atom. The van der Waals surface area contributed by atoms with E-state index in [0.717, 1.165) is 38.4 Å². The molecule has 0 unspecified atom stereocenters. The van der Waals surface area contributed by atoms with Gasteiger partial charge in [-0.3, -0.25) is 0 Å². The Balaban J connectivity index is 2.03. The largest absolute Gasteiger partial charge is 0.370 e. The lowest BCUT2D eigenvalue weighted by atomic mass is 10.2. The van der Waals surface area contributed by atoms with E-state index in [-0.39, 0.29) is 0 Å². The van der Waals surface area contributed by atoms with Gasteiger partial charge in [0.1, 0.15) is 5.82 Å². The van der Waals surface area contributed by atoms with E-state index in [1.807, 2.05) is 19.3 Å². The third-order valence-corrected chi connectivity index (χ3v) is 3.57. The van der Waals surface area contributed by atoms with Crippen LogP contribution in [0.1, 0.15) is 17.8 Å². The Hall–Kier alpha value is -1.81. The monoisotopic (exact) mass is 272 g/mol. The molecule has 0 saturated carbocycles. The van der Waals surface area contributed by atoms with Gasteiger partial charge in [0.15, 0.2) is 0 Å². The number of benzene rings is 1. The fourth-order valence-corrected chi connectivity index (χ4v) is 2.28. The molecule has 2 N–H and O–H groups in total. The Bertz CT molecular complexity index is 516. The average Bonchev–Trinajstić information content (AvgIpc) is 2.86. The van der Waals surface area contributed by atoms with Crippen LogP contribution in [-0.2, 0) is 6.54 Å². The van der Waals surface area contributed by atoms with Crippen molar-refractivity contribution in [2.24, 2.45) is 5.73 Å². The van der Waals surface area contributed by atoms with Crippen molar-refractivity contribution < 1.29 is 0 Å². The van der Waals surface area contributed by atoms with E-state index in [0.29, 0.717) is 0 Å². The average molecular weight is 272 g/mol. The highest BCUT2D eigenvalue weighted by Gasteiger charge is 2.07. The highest BCUT2D eigenvalue weighted by molar-refractivity contribution is 5.47. The molecule has 2 rings (SSSR count). The molecule has 108 valence electrons. The Labute approximate surface area is 121 Å². The van der Waals surface area contributed by atoms with Gasteiger partial charge in [-0.1, -0.05) is 17.7 Å². The van der Waals surface area contributed by atoms with Crippen molar-refractivity contribution in [3.63, 3.8) is 0 Å². The van der Waals surface area contributed by atoms with Gasteiger partial charge in [-0.05, 0) is 38.9 Å². The Kier molecular flexibility index (Phi) is 5.18. The van der Waals surface area contributed by atoms with Gasteiger partial charge in [-0.2, -0.15) is 0 Å². The van der Waals surface area contributed by atoms with Gasteiger partial charge in [0.25, 0.3) is 0 Å². The molecule has 0 aliphatic heterocycles. The summed E-state index contributed by atoms with van der Waals surface area (Å²) in [5.74, 6) is 1.06. The zero-order valence-corrected chi connectivity index (χ0v) is 12.4. The van der Waals surface area contributed by atoms with E-state index in [1.165, 1.54) is 11.3 Å². The van der Waals surface area contributed by atoms with Crippen LogP contribution < -0.4 is 10.6 Å². The van der Waals surface area contributed by atoms with E-state index >= 15 is 0 Å². The van der Waals surface area contributed by atoms with Crippen LogP contribution in [0.3, 0.4) is 0 Å². The third-order valence-electron chi connectivity index (χ3n) is 3.57. The van der Waals surface area contributed by atoms with Crippen molar-refractivity contribution in [2.45, 2.75) is 26.8 Å². The van der Waals surface area contributed by atoms with Gasteiger partial charge in [-0.15, -0.1) is 0 Å². The summed E-state index contributed by atoms with van der Waals surface area (Å²) in [6, 6.07) is 8.69. The molecular weight excluding hydrogens is 248 g/mol. The van der Waals surface area contributed by atoms with Gasteiger partial charge < -0.3 is 15.2 Å². The fraction of sp³-hybridized carbons (Fsp3) is 0.438. The lowest BCUT2D eigenvalue weighted by Crippen LogP contribution is -2.29. The zero-order valence-electron chi connectivity index (χ0n) is 12.4. The molecular formula is C16H24N4. The smallest absolute Gasteiger partial charge is 0.105 e. The standard InChI is InChI=1S/C16H24N4/c1-14-4-6-16(7-5-14)20(10-3-8-17)13-12-19-11-9-18-15(19)2/h4-7,9,11H,3,8,10,12-13,17H2,1-2H3.